The molecule has 8 nitrogen and oxygen atoms in total. The molecule has 0 aliphatic carbocycles. The number of likely N-dealkylation sites (N-methyl/N-ethyl adjacent to an activating group) is 1. The third-order valence-corrected chi connectivity index (χ3v) is 6.60. The van der Waals surface area contributed by atoms with Gasteiger partial charge in [-0.05, 0) is 25.2 Å². The fourth-order valence-corrected chi connectivity index (χ4v) is 4.85. The number of nitrogens with one attached hydrogen (secondary N) is 2. The predicted octanol–water partition coefficient (Wildman–Crippen LogP) is 1.31. The van der Waals surface area contributed by atoms with Gasteiger partial charge in [0.05, 0.1) is 17.2 Å². The van der Waals surface area contributed by atoms with Crippen LogP contribution in [0.15, 0.2) is 29.2 Å². The zero-order chi connectivity index (χ0) is 19.4. The molecule has 1 aliphatic rings. The van der Waals surface area contributed by atoms with Crippen molar-refractivity contribution in [3.05, 3.63) is 40.4 Å². The third-order valence-electron chi connectivity index (χ3n) is 4.15. The standard InChI is InChI=1S/C17H22N4O4S2/c1-21-8-6-14-15(11-21)26-17(19-14)20-16(22)12-4-3-5-13(10-12)27(23,24)18-7-9-25-2/h3-5,10,18H,6-9,11H2,1-2H3,(H,19,20,22). The van der Waals surface area contributed by atoms with Crippen molar-refractivity contribution in [3.63, 3.8) is 0 Å². The highest BCUT2D eigenvalue weighted by Crippen LogP contribution is 2.28. The van der Waals surface area contributed by atoms with Crippen LogP contribution in [-0.2, 0) is 27.7 Å². The summed E-state index contributed by atoms with van der Waals surface area (Å²) in [6.45, 7) is 2.20. The molecule has 0 fully saturated rings. The van der Waals surface area contributed by atoms with Gasteiger partial charge in [0.15, 0.2) is 5.13 Å². The molecule has 0 atom stereocenters. The number of benzene rings is 1. The molecule has 0 spiro atoms. The minimum atomic E-state index is -3.70. The second-order valence-corrected chi connectivity index (χ2v) is 9.10. The first-order valence-corrected chi connectivity index (χ1v) is 10.8. The number of carbonyl (C=O) groups is 1. The molecule has 10 heteroatoms. The molecule has 27 heavy (non-hydrogen) atoms. The Kier molecular flexibility index (Phi) is 6.22. The van der Waals surface area contributed by atoms with Gasteiger partial charge in [0, 0.05) is 43.6 Å². The molecule has 3 rings (SSSR count). The smallest absolute Gasteiger partial charge is 0.257 e. The Morgan fingerprint density at radius 3 is 3.00 bits per heavy atom. The molecule has 0 saturated heterocycles. The molecule has 0 radical (unpaired) electrons. The van der Waals surface area contributed by atoms with E-state index in [2.05, 4.69) is 19.9 Å². The fourth-order valence-electron chi connectivity index (χ4n) is 2.71. The number of sulfonamides is 1. The van der Waals surface area contributed by atoms with Gasteiger partial charge in [0.25, 0.3) is 5.91 Å². The van der Waals surface area contributed by atoms with Crippen LogP contribution in [0.5, 0.6) is 0 Å². The van der Waals surface area contributed by atoms with Gasteiger partial charge in [-0.25, -0.2) is 18.1 Å². The van der Waals surface area contributed by atoms with Crippen LogP contribution in [0.25, 0.3) is 0 Å². The van der Waals surface area contributed by atoms with Crippen molar-refractivity contribution in [2.75, 3.05) is 39.2 Å². The Labute approximate surface area is 162 Å². The summed E-state index contributed by atoms with van der Waals surface area (Å²) in [5.74, 6) is -0.386. The number of hydrogen-bond donors (Lipinski definition) is 2. The summed E-state index contributed by atoms with van der Waals surface area (Å²) in [6.07, 6.45) is 0.860. The van der Waals surface area contributed by atoms with Crippen molar-refractivity contribution in [3.8, 4) is 0 Å². The number of anilines is 1. The van der Waals surface area contributed by atoms with Crippen molar-refractivity contribution >= 4 is 32.4 Å². The second-order valence-electron chi connectivity index (χ2n) is 6.25. The first-order valence-electron chi connectivity index (χ1n) is 8.46. The zero-order valence-corrected chi connectivity index (χ0v) is 16.8. The summed E-state index contributed by atoms with van der Waals surface area (Å²) >= 11 is 1.46. The Morgan fingerprint density at radius 1 is 1.41 bits per heavy atom. The molecule has 2 N–H and O–H groups in total. The molecular weight excluding hydrogens is 388 g/mol. The summed E-state index contributed by atoms with van der Waals surface area (Å²) < 4.78 is 31.9. The first kappa shape index (κ1) is 19.9. The molecule has 0 unspecified atom stereocenters. The van der Waals surface area contributed by atoms with Crippen LogP contribution in [0.1, 0.15) is 20.9 Å². The molecule has 1 aromatic carbocycles. The maximum absolute atomic E-state index is 12.5. The normalized spacial score (nSPS) is 14.7. The van der Waals surface area contributed by atoms with Crippen LogP contribution in [0.2, 0.25) is 0 Å². The van der Waals surface area contributed by atoms with Crippen molar-refractivity contribution in [2.45, 2.75) is 17.9 Å². The lowest BCUT2D eigenvalue weighted by Crippen LogP contribution is -2.27. The summed E-state index contributed by atoms with van der Waals surface area (Å²) in [7, 11) is -0.155. The molecule has 0 saturated carbocycles. The van der Waals surface area contributed by atoms with Gasteiger partial charge < -0.3 is 9.64 Å². The lowest BCUT2D eigenvalue weighted by Gasteiger charge is -2.20. The topological polar surface area (TPSA) is 101 Å². The van der Waals surface area contributed by atoms with Crippen LogP contribution >= 0.6 is 11.3 Å². The van der Waals surface area contributed by atoms with Crippen LogP contribution in [0.3, 0.4) is 0 Å². The van der Waals surface area contributed by atoms with Gasteiger partial charge >= 0.3 is 0 Å². The van der Waals surface area contributed by atoms with Gasteiger partial charge in [0.1, 0.15) is 0 Å². The number of thiazole rings is 1. The van der Waals surface area contributed by atoms with E-state index in [0.717, 1.165) is 30.1 Å². The molecule has 146 valence electrons. The van der Waals surface area contributed by atoms with E-state index in [4.69, 9.17) is 4.74 Å². The van der Waals surface area contributed by atoms with Crippen molar-refractivity contribution in [1.82, 2.24) is 14.6 Å². The van der Waals surface area contributed by atoms with Crippen LogP contribution < -0.4 is 10.0 Å². The summed E-state index contributed by atoms with van der Waals surface area (Å²) in [4.78, 5) is 20.4. The van der Waals surface area contributed by atoms with Gasteiger partial charge in [0.2, 0.25) is 10.0 Å². The first-order chi connectivity index (χ1) is 12.9. The van der Waals surface area contributed by atoms with Crippen LogP contribution in [-0.4, -0.2) is 58.1 Å². The number of aromatic nitrogens is 1. The SMILES string of the molecule is COCCNS(=O)(=O)c1cccc(C(=O)Nc2nc3c(s2)CN(C)CC3)c1. The summed E-state index contributed by atoms with van der Waals surface area (Å²) in [6, 6.07) is 5.92. The quantitative estimate of drug-likeness (QED) is 0.668. The van der Waals surface area contributed by atoms with E-state index in [1.807, 2.05) is 7.05 Å². The Morgan fingerprint density at radius 2 is 2.22 bits per heavy atom. The van der Waals surface area contributed by atoms with Crippen LogP contribution in [0, 0.1) is 0 Å². The molecule has 0 bridgehead atoms. The number of ether oxygens (including phenoxy) is 1. The molecular formula is C17H22N4O4S2. The number of hydrogen-bond acceptors (Lipinski definition) is 7. The highest BCUT2D eigenvalue weighted by atomic mass is 32.2. The van der Waals surface area contributed by atoms with Gasteiger partial charge in [-0.1, -0.05) is 6.07 Å². The van der Waals surface area contributed by atoms with Crippen molar-refractivity contribution in [1.29, 1.82) is 0 Å². The third kappa shape index (κ3) is 4.90. The van der Waals surface area contributed by atoms with E-state index in [0.29, 0.717) is 5.13 Å². The molecule has 2 aromatic rings. The number of fused-ring (bicyclic) bond motifs is 1. The number of nitrogens with zero attached hydrogens (tertiary/aromatic N) is 2. The number of amides is 1. The van der Waals surface area contributed by atoms with Gasteiger partial charge in [-0.3, -0.25) is 10.1 Å². The lowest BCUT2D eigenvalue weighted by molar-refractivity contribution is 0.102. The predicted molar refractivity (Wildman–Crippen MR) is 104 cm³/mol. The van der Waals surface area contributed by atoms with E-state index in [1.165, 1.54) is 30.6 Å². The van der Waals surface area contributed by atoms with E-state index >= 15 is 0 Å². The van der Waals surface area contributed by atoms with E-state index in [-0.39, 0.29) is 29.5 Å². The number of rotatable bonds is 7. The minimum Gasteiger partial charge on any atom is -0.383 e. The lowest BCUT2D eigenvalue weighted by atomic mass is 10.2. The van der Waals surface area contributed by atoms with Crippen molar-refractivity contribution in [2.24, 2.45) is 0 Å². The molecule has 2 heterocycles. The molecule has 1 aliphatic heterocycles. The Hall–Kier alpha value is -1.85. The maximum atomic E-state index is 12.5. The van der Waals surface area contributed by atoms with Crippen molar-refractivity contribution < 1.29 is 17.9 Å². The molecule has 1 aromatic heterocycles. The fraction of sp³-hybridized carbons (Fsp3) is 0.412. The van der Waals surface area contributed by atoms with E-state index < -0.39 is 10.0 Å². The van der Waals surface area contributed by atoms with Crippen LogP contribution in [0.4, 0.5) is 5.13 Å². The average Bonchev–Trinajstić information content (AvgIpc) is 3.03. The summed E-state index contributed by atoms with van der Waals surface area (Å²) in [5, 5.41) is 3.31. The number of carbonyl (C=O) groups excluding carboxylic acids is 1. The zero-order valence-electron chi connectivity index (χ0n) is 15.2. The summed E-state index contributed by atoms with van der Waals surface area (Å²) in [5.41, 5.74) is 1.28. The monoisotopic (exact) mass is 410 g/mol. The molecule has 1 amide bonds. The average molecular weight is 411 g/mol. The minimum absolute atomic E-state index is 0.0336. The van der Waals surface area contributed by atoms with E-state index in [9.17, 15) is 13.2 Å². The van der Waals surface area contributed by atoms with E-state index in [1.54, 1.807) is 12.1 Å². The second kappa shape index (κ2) is 8.44. The highest BCUT2D eigenvalue weighted by molar-refractivity contribution is 7.89. The van der Waals surface area contributed by atoms with Gasteiger partial charge in [-0.15, -0.1) is 11.3 Å². The maximum Gasteiger partial charge on any atom is 0.257 e. The number of methoxy groups -OCH3 is 1. The Balaban J connectivity index is 1.72. The highest BCUT2D eigenvalue weighted by Gasteiger charge is 2.20. The van der Waals surface area contributed by atoms with Gasteiger partial charge in [-0.2, -0.15) is 0 Å². The largest absolute Gasteiger partial charge is 0.383 e. The Bertz CT molecular complexity index is 927.